The van der Waals surface area contributed by atoms with Gasteiger partial charge in [-0.25, -0.2) is 4.98 Å². The first-order valence-electron chi connectivity index (χ1n) is 8.92. The Morgan fingerprint density at radius 3 is 2.45 bits per heavy atom. The predicted molar refractivity (Wildman–Crippen MR) is 115 cm³/mol. The number of aryl methyl sites for hydroxylation is 2. The van der Waals surface area contributed by atoms with Gasteiger partial charge in [0.15, 0.2) is 0 Å². The summed E-state index contributed by atoms with van der Waals surface area (Å²) in [6.07, 6.45) is 0. The van der Waals surface area contributed by atoms with Crippen molar-refractivity contribution in [3.05, 3.63) is 53.1 Å². The Morgan fingerprint density at radius 1 is 1.14 bits per heavy atom. The van der Waals surface area contributed by atoms with Crippen LogP contribution in [0.15, 0.2) is 41.4 Å². The molecule has 0 aliphatic heterocycles. The van der Waals surface area contributed by atoms with Crippen LogP contribution in [0.3, 0.4) is 0 Å². The number of fused-ring (bicyclic) bond motifs is 1. The number of nitrogens with one attached hydrogen (secondary N) is 1. The van der Waals surface area contributed by atoms with E-state index in [1.54, 1.807) is 32.4 Å². The molecule has 2 aromatic carbocycles. The second-order valence-electron chi connectivity index (χ2n) is 6.47. The molecule has 0 bridgehead atoms. The maximum atomic E-state index is 12.4. The van der Waals surface area contributed by atoms with Crippen LogP contribution in [0.25, 0.3) is 10.9 Å². The van der Waals surface area contributed by atoms with Crippen molar-refractivity contribution in [3.63, 3.8) is 0 Å². The van der Waals surface area contributed by atoms with Crippen LogP contribution in [0, 0.1) is 25.2 Å². The van der Waals surface area contributed by atoms with Crippen molar-refractivity contribution < 1.29 is 14.3 Å². The number of nitrogens with zero attached hydrogens (tertiary/aromatic N) is 2. The highest BCUT2D eigenvalue weighted by molar-refractivity contribution is 8.00. The number of benzene rings is 2. The minimum Gasteiger partial charge on any atom is -0.497 e. The maximum Gasteiger partial charge on any atom is 0.234 e. The van der Waals surface area contributed by atoms with Crippen molar-refractivity contribution in [2.24, 2.45) is 0 Å². The third-order valence-electron chi connectivity index (χ3n) is 4.57. The third-order valence-corrected chi connectivity index (χ3v) is 5.56. The number of amides is 1. The lowest BCUT2D eigenvalue weighted by Gasteiger charge is -2.11. The Morgan fingerprint density at radius 2 is 1.83 bits per heavy atom. The summed E-state index contributed by atoms with van der Waals surface area (Å²) in [6.45, 7) is 4.03. The molecule has 0 unspecified atom stereocenters. The summed E-state index contributed by atoms with van der Waals surface area (Å²) >= 11 is 1.24. The molecule has 0 aliphatic rings. The van der Waals surface area contributed by atoms with Crippen LogP contribution in [0.1, 0.15) is 16.7 Å². The Hall–Kier alpha value is -3.24. The van der Waals surface area contributed by atoms with Crippen LogP contribution < -0.4 is 14.8 Å². The summed E-state index contributed by atoms with van der Waals surface area (Å²) in [7, 11) is 3.10. The lowest BCUT2D eigenvalue weighted by atomic mass is 10.0. The van der Waals surface area contributed by atoms with Crippen molar-refractivity contribution in [2.45, 2.75) is 18.9 Å². The van der Waals surface area contributed by atoms with Gasteiger partial charge in [-0.3, -0.25) is 4.79 Å². The first-order valence-corrected chi connectivity index (χ1v) is 9.90. The minimum atomic E-state index is -0.211. The second-order valence-corrected chi connectivity index (χ2v) is 7.43. The van der Waals surface area contributed by atoms with Crippen molar-refractivity contribution in [2.75, 3.05) is 25.3 Å². The van der Waals surface area contributed by atoms with E-state index in [1.165, 1.54) is 11.8 Å². The van der Waals surface area contributed by atoms with Gasteiger partial charge < -0.3 is 14.8 Å². The Bertz CT molecular complexity index is 1100. The zero-order valence-electron chi connectivity index (χ0n) is 16.7. The fraction of sp³-hybridized carbons (Fsp3) is 0.227. The molecule has 7 heteroatoms. The van der Waals surface area contributed by atoms with E-state index < -0.39 is 0 Å². The molecule has 0 atom stereocenters. The van der Waals surface area contributed by atoms with Gasteiger partial charge in [-0.15, -0.1) is 0 Å². The average Bonchev–Trinajstić information content (AvgIpc) is 2.74. The molecule has 148 valence electrons. The number of nitriles is 1. The van der Waals surface area contributed by atoms with Gasteiger partial charge in [0.25, 0.3) is 0 Å². The lowest BCUT2D eigenvalue weighted by molar-refractivity contribution is -0.113. The Kier molecular flexibility index (Phi) is 6.25. The number of rotatable bonds is 6. The van der Waals surface area contributed by atoms with E-state index in [2.05, 4.69) is 16.4 Å². The number of hydrogen-bond acceptors (Lipinski definition) is 6. The van der Waals surface area contributed by atoms with E-state index in [4.69, 9.17) is 9.47 Å². The molecule has 6 nitrogen and oxygen atoms in total. The fourth-order valence-corrected chi connectivity index (χ4v) is 3.62. The molecule has 3 rings (SSSR count). The molecule has 0 aliphatic carbocycles. The van der Waals surface area contributed by atoms with Gasteiger partial charge in [0.2, 0.25) is 5.91 Å². The van der Waals surface area contributed by atoms with E-state index in [1.807, 2.05) is 32.0 Å². The van der Waals surface area contributed by atoms with Crippen LogP contribution in [0.4, 0.5) is 5.69 Å². The molecule has 1 aromatic heterocycles. The van der Waals surface area contributed by atoms with E-state index >= 15 is 0 Å². The summed E-state index contributed by atoms with van der Waals surface area (Å²) in [5.74, 6) is 1.08. The highest BCUT2D eigenvalue weighted by Gasteiger charge is 2.13. The summed E-state index contributed by atoms with van der Waals surface area (Å²) in [5, 5.41) is 13.8. The molecular weight excluding hydrogens is 386 g/mol. The number of ether oxygens (including phenoxy) is 2. The standard InChI is InChI=1S/C22H21N3O3S/c1-13-5-6-15-7-16(11-23)22(25-21(15)14(13)2)29-12-20(26)24-17-8-18(27-3)10-19(9-17)28-4/h5-10H,12H2,1-4H3,(H,24,26). The molecule has 0 saturated carbocycles. The van der Waals surface area contributed by atoms with Gasteiger partial charge in [0.1, 0.15) is 22.6 Å². The van der Waals surface area contributed by atoms with Gasteiger partial charge in [-0.1, -0.05) is 23.9 Å². The quantitative estimate of drug-likeness (QED) is 0.607. The Labute approximate surface area is 173 Å². The molecule has 0 spiro atoms. The number of hydrogen-bond donors (Lipinski definition) is 1. The number of aromatic nitrogens is 1. The lowest BCUT2D eigenvalue weighted by Crippen LogP contribution is -2.14. The topological polar surface area (TPSA) is 84.2 Å². The summed E-state index contributed by atoms with van der Waals surface area (Å²) in [6, 6.07) is 13.1. The smallest absolute Gasteiger partial charge is 0.234 e. The number of carbonyl (C=O) groups excluding carboxylic acids is 1. The first-order chi connectivity index (χ1) is 13.9. The molecule has 0 fully saturated rings. The van der Waals surface area contributed by atoms with Crippen LogP contribution in [0.5, 0.6) is 11.5 Å². The molecule has 1 amide bonds. The average molecular weight is 407 g/mol. The molecule has 0 saturated heterocycles. The van der Waals surface area contributed by atoms with Crippen molar-refractivity contribution in [3.8, 4) is 17.6 Å². The number of anilines is 1. The first kappa shape index (κ1) is 20.5. The number of methoxy groups -OCH3 is 2. The molecule has 1 heterocycles. The van der Waals surface area contributed by atoms with E-state index in [0.29, 0.717) is 27.8 Å². The molecule has 1 N–H and O–H groups in total. The van der Waals surface area contributed by atoms with Crippen LogP contribution in [-0.4, -0.2) is 30.9 Å². The zero-order valence-corrected chi connectivity index (χ0v) is 17.5. The highest BCUT2D eigenvalue weighted by atomic mass is 32.2. The summed E-state index contributed by atoms with van der Waals surface area (Å²) < 4.78 is 10.4. The number of carbonyl (C=O) groups is 1. The van der Waals surface area contributed by atoms with Gasteiger partial charge in [-0.2, -0.15) is 5.26 Å². The van der Waals surface area contributed by atoms with E-state index in [0.717, 1.165) is 22.0 Å². The molecule has 3 aromatic rings. The van der Waals surface area contributed by atoms with Crippen molar-refractivity contribution >= 4 is 34.3 Å². The van der Waals surface area contributed by atoms with Crippen LogP contribution in [-0.2, 0) is 4.79 Å². The summed E-state index contributed by atoms with van der Waals surface area (Å²) in [5.41, 5.74) is 4.09. The monoisotopic (exact) mass is 407 g/mol. The SMILES string of the molecule is COc1cc(NC(=O)CSc2nc3c(C)c(C)ccc3cc2C#N)cc(OC)c1. The van der Waals surface area contributed by atoms with Gasteiger partial charge in [-0.05, 0) is 31.0 Å². The summed E-state index contributed by atoms with van der Waals surface area (Å²) in [4.78, 5) is 17.1. The molecular formula is C22H21N3O3S. The molecule has 29 heavy (non-hydrogen) atoms. The van der Waals surface area contributed by atoms with E-state index in [9.17, 15) is 10.1 Å². The Balaban J connectivity index is 1.79. The number of pyridine rings is 1. The molecule has 0 radical (unpaired) electrons. The fourth-order valence-electron chi connectivity index (χ4n) is 2.87. The third kappa shape index (κ3) is 4.61. The van der Waals surface area contributed by atoms with E-state index in [-0.39, 0.29) is 11.7 Å². The largest absolute Gasteiger partial charge is 0.497 e. The normalized spacial score (nSPS) is 10.4. The highest BCUT2D eigenvalue weighted by Crippen LogP contribution is 2.29. The van der Waals surface area contributed by atoms with Gasteiger partial charge in [0.05, 0.1) is 31.1 Å². The van der Waals surface area contributed by atoms with Crippen molar-refractivity contribution in [1.29, 1.82) is 5.26 Å². The van der Waals surface area contributed by atoms with Crippen LogP contribution in [0.2, 0.25) is 0 Å². The van der Waals surface area contributed by atoms with Gasteiger partial charge >= 0.3 is 0 Å². The minimum absolute atomic E-state index is 0.123. The van der Waals surface area contributed by atoms with Crippen LogP contribution >= 0.6 is 11.8 Å². The van der Waals surface area contributed by atoms with Crippen molar-refractivity contribution in [1.82, 2.24) is 4.98 Å². The zero-order chi connectivity index (χ0) is 21.0. The number of thioether (sulfide) groups is 1. The predicted octanol–water partition coefficient (Wildman–Crippen LogP) is 4.47. The van der Waals surface area contributed by atoms with Gasteiger partial charge in [0, 0.05) is 29.3 Å². The second kappa shape index (κ2) is 8.84. The maximum absolute atomic E-state index is 12.4.